The number of benzene rings is 3. The fourth-order valence-electron chi connectivity index (χ4n) is 2.86. The molecule has 0 saturated carbocycles. The summed E-state index contributed by atoms with van der Waals surface area (Å²) in [5.74, 6) is 0.297. The van der Waals surface area contributed by atoms with Crippen LogP contribution < -0.4 is 5.32 Å². The van der Waals surface area contributed by atoms with Gasteiger partial charge in [-0.25, -0.2) is 0 Å². The summed E-state index contributed by atoms with van der Waals surface area (Å²) in [6.45, 7) is 5.12. The average molecular weight is 317 g/mol. The van der Waals surface area contributed by atoms with Gasteiger partial charge >= 0.3 is 0 Å². The highest BCUT2D eigenvalue weighted by molar-refractivity contribution is 5.68. The summed E-state index contributed by atoms with van der Waals surface area (Å²) in [5, 5.41) is 13.1. The molecule has 3 aromatic rings. The van der Waals surface area contributed by atoms with Gasteiger partial charge in [0.1, 0.15) is 5.75 Å². The summed E-state index contributed by atoms with van der Waals surface area (Å²) < 4.78 is 0. The molecular weight excluding hydrogens is 294 g/mol. The second kappa shape index (κ2) is 7.33. The molecule has 0 spiro atoms. The molecule has 122 valence electrons. The van der Waals surface area contributed by atoms with Crippen LogP contribution in [-0.4, -0.2) is 5.11 Å². The summed E-state index contributed by atoms with van der Waals surface area (Å²) in [7, 11) is 0. The highest BCUT2D eigenvalue weighted by Crippen LogP contribution is 2.26. The van der Waals surface area contributed by atoms with E-state index in [9.17, 15) is 5.11 Å². The molecule has 1 atom stereocenters. The van der Waals surface area contributed by atoms with Crippen LogP contribution in [0.1, 0.15) is 29.7 Å². The lowest BCUT2D eigenvalue weighted by atomic mass is 9.98. The van der Waals surface area contributed by atoms with E-state index in [0.717, 1.165) is 12.1 Å². The molecule has 0 fully saturated rings. The van der Waals surface area contributed by atoms with Crippen LogP contribution in [-0.2, 0) is 6.54 Å². The van der Waals surface area contributed by atoms with Gasteiger partial charge in [-0.3, -0.25) is 0 Å². The number of aromatic hydroxyl groups is 1. The Morgan fingerprint density at radius 2 is 1.62 bits per heavy atom. The van der Waals surface area contributed by atoms with E-state index in [1.807, 2.05) is 18.2 Å². The van der Waals surface area contributed by atoms with Gasteiger partial charge < -0.3 is 10.4 Å². The second-order valence-electron chi connectivity index (χ2n) is 6.21. The molecule has 2 nitrogen and oxygen atoms in total. The van der Waals surface area contributed by atoms with Crippen LogP contribution in [0.2, 0.25) is 0 Å². The zero-order chi connectivity index (χ0) is 16.9. The molecule has 3 aromatic carbocycles. The summed E-state index contributed by atoms with van der Waals surface area (Å²) in [6, 6.07) is 24.7. The number of hydrogen-bond acceptors (Lipinski definition) is 2. The molecule has 2 N–H and O–H groups in total. The van der Waals surface area contributed by atoms with Crippen molar-refractivity contribution in [1.29, 1.82) is 0 Å². The summed E-state index contributed by atoms with van der Waals surface area (Å²) in [4.78, 5) is 0. The number of hydrogen-bond donors (Lipinski definition) is 2. The summed E-state index contributed by atoms with van der Waals surface area (Å²) in [5.41, 5.74) is 6.13. The predicted octanol–water partition coefficient (Wildman–Crippen LogP) is 5.22. The SMILES string of the molecule is Cc1ccc(CNC(C)c2ccccc2)cc1-c1ccc(O)cc1. The minimum atomic E-state index is 0.297. The van der Waals surface area contributed by atoms with Gasteiger partial charge in [0.15, 0.2) is 0 Å². The third kappa shape index (κ3) is 3.84. The largest absolute Gasteiger partial charge is 0.508 e. The van der Waals surface area contributed by atoms with Gasteiger partial charge in [-0.15, -0.1) is 0 Å². The van der Waals surface area contributed by atoms with Crippen molar-refractivity contribution in [2.24, 2.45) is 0 Å². The molecule has 0 bridgehead atoms. The minimum Gasteiger partial charge on any atom is -0.508 e. The Balaban J connectivity index is 1.75. The van der Waals surface area contributed by atoms with Crippen molar-refractivity contribution in [2.45, 2.75) is 26.4 Å². The molecule has 0 aliphatic rings. The maximum absolute atomic E-state index is 9.47. The molecule has 0 radical (unpaired) electrons. The minimum absolute atomic E-state index is 0.297. The van der Waals surface area contributed by atoms with Crippen molar-refractivity contribution < 1.29 is 5.11 Å². The van der Waals surface area contributed by atoms with Crippen LogP contribution in [0.15, 0.2) is 72.8 Å². The Hall–Kier alpha value is -2.58. The molecule has 24 heavy (non-hydrogen) atoms. The monoisotopic (exact) mass is 317 g/mol. The highest BCUT2D eigenvalue weighted by atomic mass is 16.3. The van der Waals surface area contributed by atoms with E-state index in [4.69, 9.17) is 0 Å². The van der Waals surface area contributed by atoms with Gasteiger partial charge in [0.05, 0.1) is 0 Å². The quantitative estimate of drug-likeness (QED) is 0.676. The molecule has 0 aliphatic carbocycles. The highest BCUT2D eigenvalue weighted by Gasteiger charge is 2.07. The lowest BCUT2D eigenvalue weighted by molar-refractivity contribution is 0.475. The van der Waals surface area contributed by atoms with Crippen molar-refractivity contribution in [3.8, 4) is 16.9 Å². The van der Waals surface area contributed by atoms with E-state index >= 15 is 0 Å². The summed E-state index contributed by atoms with van der Waals surface area (Å²) >= 11 is 0. The van der Waals surface area contributed by atoms with E-state index in [2.05, 4.69) is 61.6 Å². The lowest BCUT2D eigenvalue weighted by Gasteiger charge is -2.15. The van der Waals surface area contributed by atoms with Crippen LogP contribution in [0, 0.1) is 6.92 Å². The molecule has 1 unspecified atom stereocenters. The van der Waals surface area contributed by atoms with E-state index in [0.29, 0.717) is 11.8 Å². The summed E-state index contributed by atoms with van der Waals surface area (Å²) in [6.07, 6.45) is 0. The van der Waals surface area contributed by atoms with Gasteiger partial charge in [0, 0.05) is 12.6 Å². The number of phenolic OH excluding ortho intramolecular Hbond substituents is 1. The molecular formula is C22H23NO. The fourth-order valence-corrected chi connectivity index (χ4v) is 2.86. The van der Waals surface area contributed by atoms with Crippen LogP contribution in [0.25, 0.3) is 11.1 Å². The van der Waals surface area contributed by atoms with Gasteiger partial charge in [-0.2, -0.15) is 0 Å². The first kappa shape index (κ1) is 16.3. The Labute approximate surface area is 143 Å². The Kier molecular flexibility index (Phi) is 4.97. The van der Waals surface area contributed by atoms with Crippen molar-refractivity contribution in [3.63, 3.8) is 0 Å². The van der Waals surface area contributed by atoms with Crippen molar-refractivity contribution in [2.75, 3.05) is 0 Å². The number of rotatable bonds is 5. The first-order valence-electron chi connectivity index (χ1n) is 8.31. The van der Waals surface area contributed by atoms with E-state index < -0.39 is 0 Å². The third-order valence-corrected chi connectivity index (χ3v) is 4.39. The van der Waals surface area contributed by atoms with Gasteiger partial charge in [-0.1, -0.05) is 54.6 Å². The molecule has 0 aliphatic heterocycles. The first-order chi connectivity index (χ1) is 11.6. The van der Waals surface area contributed by atoms with E-state index in [1.165, 1.54) is 22.3 Å². The Morgan fingerprint density at radius 3 is 2.33 bits per heavy atom. The standard InChI is InChI=1S/C22H23NO/c1-16-8-9-18(14-22(16)20-10-12-21(24)13-11-20)15-23-17(2)19-6-4-3-5-7-19/h3-14,17,23-24H,15H2,1-2H3. The van der Waals surface area contributed by atoms with E-state index in [-0.39, 0.29) is 0 Å². The normalized spacial score (nSPS) is 12.1. The van der Waals surface area contributed by atoms with Crippen LogP contribution in [0.4, 0.5) is 0 Å². The second-order valence-corrected chi connectivity index (χ2v) is 6.21. The van der Waals surface area contributed by atoms with E-state index in [1.54, 1.807) is 12.1 Å². The lowest BCUT2D eigenvalue weighted by Crippen LogP contribution is -2.18. The maximum Gasteiger partial charge on any atom is 0.115 e. The molecule has 0 heterocycles. The Morgan fingerprint density at radius 1 is 0.917 bits per heavy atom. The van der Waals surface area contributed by atoms with Gasteiger partial charge in [-0.05, 0) is 59.9 Å². The molecule has 3 rings (SSSR count). The van der Waals surface area contributed by atoms with Gasteiger partial charge in [0.25, 0.3) is 0 Å². The van der Waals surface area contributed by atoms with Crippen molar-refractivity contribution >= 4 is 0 Å². The molecule has 2 heteroatoms. The Bertz CT molecular complexity index is 794. The average Bonchev–Trinajstić information content (AvgIpc) is 2.62. The topological polar surface area (TPSA) is 32.3 Å². The number of phenols is 1. The maximum atomic E-state index is 9.47. The zero-order valence-electron chi connectivity index (χ0n) is 14.2. The third-order valence-electron chi connectivity index (χ3n) is 4.39. The fraction of sp³-hybridized carbons (Fsp3) is 0.182. The van der Waals surface area contributed by atoms with Crippen molar-refractivity contribution in [1.82, 2.24) is 5.32 Å². The molecule has 0 saturated heterocycles. The number of nitrogens with one attached hydrogen (secondary N) is 1. The van der Waals surface area contributed by atoms with Gasteiger partial charge in [0.2, 0.25) is 0 Å². The first-order valence-corrected chi connectivity index (χ1v) is 8.31. The number of aryl methyl sites for hydroxylation is 1. The smallest absolute Gasteiger partial charge is 0.115 e. The molecule has 0 aromatic heterocycles. The predicted molar refractivity (Wildman–Crippen MR) is 100.0 cm³/mol. The molecule has 0 amide bonds. The van der Waals surface area contributed by atoms with Crippen LogP contribution >= 0.6 is 0 Å². The van der Waals surface area contributed by atoms with Crippen molar-refractivity contribution in [3.05, 3.63) is 89.5 Å². The van der Waals surface area contributed by atoms with Crippen LogP contribution in [0.5, 0.6) is 5.75 Å². The van der Waals surface area contributed by atoms with Crippen LogP contribution in [0.3, 0.4) is 0 Å². The zero-order valence-corrected chi connectivity index (χ0v) is 14.2.